The van der Waals surface area contributed by atoms with Crippen LogP contribution >= 0.6 is 11.6 Å². The van der Waals surface area contributed by atoms with Gasteiger partial charge in [0.2, 0.25) is 6.29 Å². The summed E-state index contributed by atoms with van der Waals surface area (Å²) in [7, 11) is 0. The fraction of sp³-hybridized carbons (Fsp3) is 0.500. The average Bonchev–Trinajstić information content (AvgIpc) is 2.49. The third-order valence-corrected chi connectivity index (χ3v) is 3.51. The van der Waals surface area contributed by atoms with Gasteiger partial charge in [0.15, 0.2) is 0 Å². The Morgan fingerprint density at radius 2 is 1.95 bits per heavy atom. The molecule has 10 heteroatoms. The number of ether oxygens (including phenoxy) is 2. The molecule has 1 aromatic carbocycles. The fourth-order valence-corrected chi connectivity index (χ4v) is 2.21. The van der Waals surface area contributed by atoms with E-state index in [-0.39, 0.29) is 16.5 Å². The predicted octanol–water partition coefficient (Wildman–Crippen LogP) is -0.573. The van der Waals surface area contributed by atoms with E-state index in [1.807, 2.05) is 0 Å². The molecule has 4 N–H and O–H groups in total. The zero-order valence-corrected chi connectivity index (χ0v) is 11.8. The van der Waals surface area contributed by atoms with E-state index in [4.69, 9.17) is 26.2 Å². The van der Waals surface area contributed by atoms with Gasteiger partial charge in [0.1, 0.15) is 30.2 Å². The number of hydrogen-bond acceptors (Lipinski definition) is 8. The largest absolute Gasteiger partial charge is 0.460 e. The maximum absolute atomic E-state index is 10.6. The molecule has 9 nitrogen and oxygen atoms in total. The Hall–Kier alpha value is -1.49. The quantitative estimate of drug-likeness (QED) is 0.423. The van der Waals surface area contributed by atoms with Crippen LogP contribution in [0.15, 0.2) is 18.2 Å². The highest BCUT2D eigenvalue weighted by Crippen LogP contribution is 2.31. The van der Waals surface area contributed by atoms with Crippen LogP contribution in [0.3, 0.4) is 0 Å². The zero-order valence-electron chi connectivity index (χ0n) is 11.1. The molecule has 0 radical (unpaired) electrons. The third-order valence-electron chi connectivity index (χ3n) is 3.22. The van der Waals surface area contributed by atoms with E-state index in [0.29, 0.717) is 0 Å². The van der Waals surface area contributed by atoms with Crippen molar-refractivity contribution in [3.05, 3.63) is 33.3 Å². The van der Waals surface area contributed by atoms with E-state index < -0.39 is 42.2 Å². The lowest BCUT2D eigenvalue weighted by atomic mass is 9.99. The highest BCUT2D eigenvalue weighted by Gasteiger charge is 2.44. The lowest BCUT2D eigenvalue weighted by Crippen LogP contribution is -2.60. The van der Waals surface area contributed by atoms with E-state index in [1.165, 1.54) is 6.07 Å². The van der Waals surface area contributed by atoms with Gasteiger partial charge in [-0.05, 0) is 6.07 Å². The van der Waals surface area contributed by atoms with Gasteiger partial charge < -0.3 is 29.9 Å². The summed E-state index contributed by atoms with van der Waals surface area (Å²) in [6.07, 6.45) is -7.22. The molecular formula is C12H14ClNO8. The summed E-state index contributed by atoms with van der Waals surface area (Å²) in [6, 6.07) is 3.41. The van der Waals surface area contributed by atoms with Crippen LogP contribution in [-0.2, 0) is 4.74 Å². The van der Waals surface area contributed by atoms with Crippen molar-refractivity contribution in [3.8, 4) is 5.75 Å². The molecule has 1 heterocycles. The molecule has 2 unspecified atom stereocenters. The number of halogens is 1. The molecule has 1 aliphatic rings. The molecule has 0 amide bonds. The highest BCUT2D eigenvalue weighted by molar-refractivity contribution is 6.32. The first-order valence-electron chi connectivity index (χ1n) is 6.26. The van der Waals surface area contributed by atoms with Gasteiger partial charge >= 0.3 is 0 Å². The average molecular weight is 336 g/mol. The van der Waals surface area contributed by atoms with Crippen molar-refractivity contribution in [1.29, 1.82) is 0 Å². The van der Waals surface area contributed by atoms with E-state index in [0.717, 1.165) is 12.1 Å². The van der Waals surface area contributed by atoms with Gasteiger partial charge in [-0.25, -0.2) is 0 Å². The lowest BCUT2D eigenvalue weighted by Gasteiger charge is -2.39. The Labute approximate surface area is 129 Å². The third kappa shape index (κ3) is 3.29. The zero-order chi connectivity index (χ0) is 16.4. The number of nitro groups is 1. The van der Waals surface area contributed by atoms with Crippen molar-refractivity contribution in [2.45, 2.75) is 30.7 Å². The first-order chi connectivity index (χ1) is 10.3. The Balaban J connectivity index is 2.17. The molecule has 5 atom stereocenters. The molecule has 22 heavy (non-hydrogen) atoms. The van der Waals surface area contributed by atoms with Crippen molar-refractivity contribution < 1.29 is 34.8 Å². The minimum absolute atomic E-state index is 0.0170. The summed E-state index contributed by atoms with van der Waals surface area (Å²) in [5.74, 6) is -0.0170. The van der Waals surface area contributed by atoms with Gasteiger partial charge in [-0.3, -0.25) is 10.1 Å². The molecule has 0 bridgehead atoms. The van der Waals surface area contributed by atoms with Crippen molar-refractivity contribution >= 4 is 17.3 Å². The van der Waals surface area contributed by atoms with E-state index >= 15 is 0 Å². The van der Waals surface area contributed by atoms with Crippen LogP contribution in [0.5, 0.6) is 5.75 Å². The molecule has 0 spiro atoms. The van der Waals surface area contributed by atoms with Gasteiger partial charge in [0.05, 0.1) is 16.6 Å². The smallest absolute Gasteiger partial charge is 0.271 e. The van der Waals surface area contributed by atoms with Crippen molar-refractivity contribution in [2.24, 2.45) is 0 Å². The van der Waals surface area contributed by atoms with Gasteiger partial charge in [0, 0.05) is 12.1 Å². The van der Waals surface area contributed by atoms with Crippen LogP contribution in [0.2, 0.25) is 5.02 Å². The molecule has 1 saturated heterocycles. The number of nitro benzene ring substituents is 1. The van der Waals surface area contributed by atoms with Gasteiger partial charge in [-0.2, -0.15) is 0 Å². The fourth-order valence-electron chi connectivity index (χ4n) is 1.99. The maximum atomic E-state index is 10.6. The van der Waals surface area contributed by atoms with Gasteiger partial charge in [-0.15, -0.1) is 0 Å². The maximum Gasteiger partial charge on any atom is 0.271 e. The summed E-state index contributed by atoms with van der Waals surface area (Å²) >= 11 is 5.85. The monoisotopic (exact) mass is 335 g/mol. The summed E-state index contributed by atoms with van der Waals surface area (Å²) < 4.78 is 10.4. The molecule has 122 valence electrons. The summed E-state index contributed by atoms with van der Waals surface area (Å²) in [4.78, 5) is 9.98. The summed E-state index contributed by atoms with van der Waals surface area (Å²) in [5.41, 5.74) is -0.244. The van der Waals surface area contributed by atoms with Crippen LogP contribution in [0.25, 0.3) is 0 Å². The number of aliphatic hydroxyl groups is 4. The number of aliphatic hydroxyl groups excluding tert-OH is 4. The second kappa shape index (κ2) is 6.73. The second-order valence-corrected chi connectivity index (χ2v) is 5.09. The Bertz CT molecular complexity index is 554. The first kappa shape index (κ1) is 16.9. The van der Waals surface area contributed by atoms with Crippen LogP contribution in [0, 0.1) is 10.1 Å². The van der Waals surface area contributed by atoms with Gasteiger partial charge in [-0.1, -0.05) is 11.6 Å². The van der Waals surface area contributed by atoms with Crippen LogP contribution in [0.4, 0.5) is 5.69 Å². The summed E-state index contributed by atoms with van der Waals surface area (Å²) in [6.45, 7) is -0.598. The minimum atomic E-state index is -1.59. The molecule has 2 rings (SSSR count). The molecule has 1 aliphatic heterocycles. The SMILES string of the molecule is O=[N+]([O-])c1ccc(O[C@H]2OC(CO)[C@H](O)[C@H](O)C2O)c(Cl)c1. The van der Waals surface area contributed by atoms with Gasteiger partial charge in [0.25, 0.3) is 5.69 Å². The Morgan fingerprint density at radius 1 is 1.27 bits per heavy atom. The summed E-state index contributed by atoms with van der Waals surface area (Å²) in [5, 5.41) is 48.7. The predicted molar refractivity (Wildman–Crippen MR) is 72.5 cm³/mol. The van der Waals surface area contributed by atoms with Crippen molar-refractivity contribution in [2.75, 3.05) is 6.61 Å². The molecule has 0 aliphatic carbocycles. The Morgan fingerprint density at radius 3 is 2.50 bits per heavy atom. The number of rotatable bonds is 4. The molecule has 0 saturated carbocycles. The first-order valence-corrected chi connectivity index (χ1v) is 6.64. The van der Waals surface area contributed by atoms with E-state index in [2.05, 4.69) is 0 Å². The molecule has 0 aromatic heterocycles. The Kier molecular flexibility index (Phi) is 5.16. The lowest BCUT2D eigenvalue weighted by molar-refractivity contribution is -0.384. The van der Waals surface area contributed by atoms with Crippen LogP contribution in [0.1, 0.15) is 0 Å². The normalized spacial score (nSPS) is 31.8. The van der Waals surface area contributed by atoms with Crippen LogP contribution < -0.4 is 4.74 Å². The van der Waals surface area contributed by atoms with E-state index in [1.54, 1.807) is 0 Å². The second-order valence-electron chi connectivity index (χ2n) is 4.69. The van der Waals surface area contributed by atoms with Crippen molar-refractivity contribution in [3.63, 3.8) is 0 Å². The number of nitrogens with zero attached hydrogens (tertiary/aromatic N) is 1. The molecule has 1 aromatic rings. The standard InChI is InChI=1S/C12H14ClNO8/c13-6-3-5(14(19)20)1-2-7(6)21-12-11(18)10(17)9(16)8(4-15)22-12/h1-3,8-12,15-18H,4H2/t8?,9-,10-,11?,12-/m0/s1. The van der Waals surface area contributed by atoms with Crippen molar-refractivity contribution in [1.82, 2.24) is 0 Å². The van der Waals surface area contributed by atoms with Crippen LogP contribution in [-0.4, -0.2) is 62.7 Å². The topological polar surface area (TPSA) is 143 Å². The van der Waals surface area contributed by atoms with E-state index in [9.17, 15) is 25.4 Å². The number of non-ortho nitro benzene ring substituents is 1. The minimum Gasteiger partial charge on any atom is -0.460 e. The number of benzene rings is 1. The molecular weight excluding hydrogens is 322 g/mol. The molecule has 1 fully saturated rings. The number of hydrogen-bond donors (Lipinski definition) is 4. The highest BCUT2D eigenvalue weighted by atomic mass is 35.5.